The van der Waals surface area contributed by atoms with Crippen molar-refractivity contribution in [3.63, 3.8) is 0 Å². The zero-order valence-corrected chi connectivity index (χ0v) is 13.9. The van der Waals surface area contributed by atoms with Crippen molar-refractivity contribution in [1.29, 1.82) is 0 Å². The predicted octanol–water partition coefficient (Wildman–Crippen LogP) is 2.22. The number of fused-ring (bicyclic) bond motifs is 1. The van der Waals surface area contributed by atoms with Gasteiger partial charge in [-0.3, -0.25) is 24.0 Å². The fourth-order valence-corrected chi connectivity index (χ4v) is 3.38. The van der Waals surface area contributed by atoms with Gasteiger partial charge in [0.05, 0.1) is 11.0 Å². The van der Waals surface area contributed by atoms with Crippen LogP contribution < -0.4 is 11.0 Å². The molecule has 0 spiro atoms. The molecule has 24 heavy (non-hydrogen) atoms. The van der Waals surface area contributed by atoms with Crippen LogP contribution in [0, 0.1) is 5.82 Å². The maximum absolute atomic E-state index is 14.4. The lowest BCUT2D eigenvalue weighted by atomic mass is 9.96. The van der Waals surface area contributed by atoms with E-state index in [2.05, 4.69) is 5.32 Å². The summed E-state index contributed by atoms with van der Waals surface area (Å²) in [4.78, 5) is 36.3. The van der Waals surface area contributed by atoms with Gasteiger partial charge in [-0.1, -0.05) is 13.8 Å². The Balaban J connectivity index is 0.00000225. The van der Waals surface area contributed by atoms with E-state index in [0.717, 1.165) is 6.42 Å². The SMILES string of the molecule is CCC(C)c1c(F)ccc2c1n(C)c(=O)n2C1CCC(=O)NC1=O.[HH]. The molecule has 1 saturated heterocycles. The van der Waals surface area contributed by atoms with Crippen molar-refractivity contribution >= 4 is 22.8 Å². The normalized spacial score (nSPS) is 19.6. The average molecular weight is 335 g/mol. The Morgan fingerprint density at radius 3 is 2.71 bits per heavy atom. The Hall–Kier alpha value is -2.44. The molecule has 1 aromatic carbocycles. The molecule has 1 aliphatic heterocycles. The first-order valence-corrected chi connectivity index (χ1v) is 8.09. The topological polar surface area (TPSA) is 73.1 Å². The van der Waals surface area contributed by atoms with Crippen molar-refractivity contribution in [2.24, 2.45) is 7.05 Å². The molecule has 2 unspecified atom stereocenters. The number of aromatic nitrogens is 2. The summed E-state index contributed by atoms with van der Waals surface area (Å²) >= 11 is 0. The number of nitrogens with one attached hydrogen (secondary N) is 1. The number of aryl methyl sites for hydroxylation is 1. The standard InChI is InChI=1S/C17H20FN3O3.H2/c1-4-9(2)14-10(18)5-6-11-15(14)20(3)17(24)21(11)12-7-8-13(22)19-16(12)23;/h5-6,9,12H,4,7-8H2,1-3H3,(H,19,22,23);1H. The van der Waals surface area contributed by atoms with Crippen LogP contribution in [0.4, 0.5) is 4.39 Å². The van der Waals surface area contributed by atoms with E-state index >= 15 is 0 Å². The highest BCUT2D eigenvalue weighted by Crippen LogP contribution is 2.31. The summed E-state index contributed by atoms with van der Waals surface area (Å²) in [7, 11) is 1.58. The summed E-state index contributed by atoms with van der Waals surface area (Å²) in [5.41, 5.74) is 1.14. The van der Waals surface area contributed by atoms with Gasteiger partial charge in [-0.2, -0.15) is 0 Å². The number of imide groups is 1. The molecule has 0 radical (unpaired) electrons. The number of rotatable bonds is 3. The predicted molar refractivity (Wildman–Crippen MR) is 89.4 cm³/mol. The van der Waals surface area contributed by atoms with Crippen molar-refractivity contribution in [3.05, 3.63) is 34.0 Å². The molecule has 0 bridgehead atoms. The summed E-state index contributed by atoms with van der Waals surface area (Å²) in [6, 6.07) is 2.11. The van der Waals surface area contributed by atoms with Gasteiger partial charge >= 0.3 is 5.69 Å². The Labute approximate surface area is 139 Å². The van der Waals surface area contributed by atoms with Crippen molar-refractivity contribution < 1.29 is 15.4 Å². The average Bonchev–Trinajstić information content (AvgIpc) is 2.79. The molecule has 1 aliphatic rings. The number of amides is 2. The third kappa shape index (κ3) is 2.35. The highest BCUT2D eigenvalue weighted by atomic mass is 19.1. The Kier molecular flexibility index (Phi) is 4.03. The van der Waals surface area contributed by atoms with Crippen LogP contribution in [0.1, 0.15) is 52.1 Å². The summed E-state index contributed by atoms with van der Waals surface area (Å²) < 4.78 is 17.2. The van der Waals surface area contributed by atoms with Crippen LogP contribution in [0.2, 0.25) is 0 Å². The van der Waals surface area contributed by atoms with Crippen LogP contribution in [0.15, 0.2) is 16.9 Å². The third-order valence-electron chi connectivity index (χ3n) is 4.86. The zero-order chi connectivity index (χ0) is 17.6. The van der Waals surface area contributed by atoms with Crippen LogP contribution >= 0.6 is 0 Å². The van der Waals surface area contributed by atoms with Gasteiger partial charge in [-0.15, -0.1) is 0 Å². The number of hydrogen-bond donors (Lipinski definition) is 1. The van der Waals surface area contributed by atoms with Gasteiger partial charge in [-0.05, 0) is 30.9 Å². The molecule has 130 valence electrons. The highest BCUT2D eigenvalue weighted by molar-refractivity contribution is 6.00. The van der Waals surface area contributed by atoms with Crippen LogP contribution in [-0.2, 0) is 16.6 Å². The van der Waals surface area contributed by atoms with Crippen molar-refractivity contribution in [2.75, 3.05) is 0 Å². The molecule has 1 fully saturated rings. The number of carbonyl (C=O) groups excluding carboxylic acids is 2. The minimum atomic E-state index is -0.755. The Bertz CT molecular complexity index is 903. The van der Waals surface area contributed by atoms with Gasteiger partial charge in [0, 0.05) is 20.5 Å². The van der Waals surface area contributed by atoms with E-state index in [9.17, 15) is 18.8 Å². The Morgan fingerprint density at radius 1 is 1.38 bits per heavy atom. The van der Waals surface area contributed by atoms with Gasteiger partial charge in [0.1, 0.15) is 11.9 Å². The quantitative estimate of drug-likeness (QED) is 0.874. The zero-order valence-electron chi connectivity index (χ0n) is 13.9. The first kappa shape index (κ1) is 16.4. The molecule has 6 nitrogen and oxygen atoms in total. The van der Waals surface area contributed by atoms with Crippen LogP contribution in [-0.4, -0.2) is 20.9 Å². The lowest BCUT2D eigenvalue weighted by molar-refractivity contribution is -0.135. The Morgan fingerprint density at radius 2 is 2.08 bits per heavy atom. The fraction of sp³-hybridized carbons (Fsp3) is 0.471. The van der Waals surface area contributed by atoms with E-state index in [0.29, 0.717) is 16.6 Å². The van der Waals surface area contributed by atoms with E-state index in [1.807, 2.05) is 13.8 Å². The second-order valence-electron chi connectivity index (χ2n) is 6.32. The lowest BCUT2D eigenvalue weighted by Crippen LogP contribution is -2.44. The first-order chi connectivity index (χ1) is 11.4. The molecule has 0 aliphatic carbocycles. The van der Waals surface area contributed by atoms with E-state index in [-0.39, 0.29) is 37.6 Å². The van der Waals surface area contributed by atoms with Crippen LogP contribution in [0.3, 0.4) is 0 Å². The van der Waals surface area contributed by atoms with Gasteiger partial charge < -0.3 is 0 Å². The van der Waals surface area contributed by atoms with Crippen LogP contribution in [0.25, 0.3) is 11.0 Å². The molecule has 0 saturated carbocycles. The van der Waals surface area contributed by atoms with Gasteiger partial charge in [0.25, 0.3) is 0 Å². The highest BCUT2D eigenvalue weighted by Gasteiger charge is 2.32. The molecule has 2 amide bonds. The van der Waals surface area contributed by atoms with Crippen molar-refractivity contribution in [3.8, 4) is 0 Å². The summed E-state index contributed by atoms with van der Waals surface area (Å²) in [5.74, 6) is -1.24. The first-order valence-electron chi connectivity index (χ1n) is 8.09. The maximum atomic E-state index is 14.4. The number of halogens is 1. The van der Waals surface area contributed by atoms with E-state index in [1.165, 1.54) is 21.3 Å². The smallest absolute Gasteiger partial charge is 0.295 e. The van der Waals surface area contributed by atoms with Gasteiger partial charge in [0.15, 0.2) is 0 Å². The number of piperidine rings is 1. The van der Waals surface area contributed by atoms with Crippen molar-refractivity contribution in [2.45, 2.75) is 45.1 Å². The minimum Gasteiger partial charge on any atom is -0.295 e. The summed E-state index contributed by atoms with van der Waals surface area (Å²) in [6.07, 6.45) is 1.17. The molecule has 1 N–H and O–H groups in total. The summed E-state index contributed by atoms with van der Waals surface area (Å²) in [6.45, 7) is 3.86. The second-order valence-corrected chi connectivity index (χ2v) is 6.32. The molecular formula is C17H22FN3O3. The molecule has 2 aromatic rings. The largest absolute Gasteiger partial charge is 0.329 e. The number of imidazole rings is 1. The molecule has 7 heteroatoms. The van der Waals surface area contributed by atoms with E-state index < -0.39 is 11.9 Å². The number of nitrogens with zero attached hydrogens (tertiary/aromatic N) is 2. The molecular weight excluding hydrogens is 313 g/mol. The molecule has 2 heterocycles. The fourth-order valence-electron chi connectivity index (χ4n) is 3.38. The maximum Gasteiger partial charge on any atom is 0.329 e. The van der Waals surface area contributed by atoms with Crippen LogP contribution in [0.5, 0.6) is 0 Å². The lowest BCUT2D eigenvalue weighted by Gasteiger charge is -2.22. The molecule has 1 aromatic heterocycles. The monoisotopic (exact) mass is 335 g/mol. The van der Waals surface area contributed by atoms with Gasteiger partial charge in [-0.25, -0.2) is 9.18 Å². The third-order valence-corrected chi connectivity index (χ3v) is 4.86. The van der Waals surface area contributed by atoms with E-state index in [1.54, 1.807) is 7.05 Å². The minimum absolute atomic E-state index is 0. The summed E-state index contributed by atoms with van der Waals surface area (Å²) in [5, 5.41) is 2.27. The van der Waals surface area contributed by atoms with Crippen molar-refractivity contribution in [1.82, 2.24) is 14.5 Å². The van der Waals surface area contributed by atoms with E-state index in [4.69, 9.17) is 0 Å². The number of carbonyl (C=O) groups is 2. The number of benzene rings is 1. The molecule has 2 atom stereocenters. The molecule has 3 rings (SSSR count). The second kappa shape index (κ2) is 5.89. The number of hydrogen-bond acceptors (Lipinski definition) is 3. The van der Waals surface area contributed by atoms with Gasteiger partial charge in [0.2, 0.25) is 11.8 Å².